The summed E-state index contributed by atoms with van der Waals surface area (Å²) in [4.78, 5) is 11.5. The molecule has 0 bridgehead atoms. The molecule has 1 aliphatic rings. The van der Waals surface area contributed by atoms with E-state index in [-0.39, 0.29) is 5.97 Å². The average molecular weight is 328 g/mol. The van der Waals surface area contributed by atoms with E-state index in [2.05, 4.69) is 11.4 Å². The summed E-state index contributed by atoms with van der Waals surface area (Å²) in [6.45, 7) is 0.894. The molecule has 0 aliphatic heterocycles. The molecule has 128 valence electrons. The quantitative estimate of drug-likeness (QED) is 0.675. The van der Waals surface area contributed by atoms with Crippen LogP contribution in [0.5, 0.6) is 0 Å². The van der Waals surface area contributed by atoms with Crippen LogP contribution < -0.4 is 5.32 Å². The monoisotopic (exact) mass is 328 g/mol. The third-order valence-electron chi connectivity index (χ3n) is 4.80. The first-order chi connectivity index (χ1) is 11.8. The number of nitrogens with two attached hydrogens (primary N) is 1. The van der Waals surface area contributed by atoms with Gasteiger partial charge in [0.15, 0.2) is 5.76 Å². The minimum Gasteiger partial charge on any atom is -0.465 e. The fraction of sp³-hybridized carbons (Fsp3) is 0.450. The second-order valence-electron chi connectivity index (χ2n) is 6.53. The molecule has 2 aromatic rings. The Bertz CT molecular complexity index is 652. The van der Waals surface area contributed by atoms with Crippen LogP contribution in [0.25, 0.3) is 11.3 Å². The number of rotatable bonds is 5. The molecule has 0 amide bonds. The number of esters is 1. The summed E-state index contributed by atoms with van der Waals surface area (Å²) < 4.78 is 10.7. The van der Waals surface area contributed by atoms with Crippen molar-refractivity contribution in [3.8, 4) is 11.3 Å². The zero-order chi connectivity index (χ0) is 16.8. The van der Waals surface area contributed by atoms with Gasteiger partial charge in [0.1, 0.15) is 12.3 Å². The van der Waals surface area contributed by atoms with Gasteiger partial charge >= 0.3 is 5.97 Å². The molecule has 1 heterocycles. The molecule has 1 fully saturated rings. The minimum absolute atomic E-state index is 0.320. The highest BCUT2D eigenvalue weighted by Crippen LogP contribution is 2.22. The summed E-state index contributed by atoms with van der Waals surface area (Å²) in [6, 6.07) is 12.1. The fourth-order valence-corrected chi connectivity index (χ4v) is 3.36. The largest absolute Gasteiger partial charge is 0.465 e. The number of ether oxygens (including phenoxy) is 1. The SMILES string of the molecule is COC(=O)c1ccc(-c2ccc(C[NH2+]C3CCCCCC3)o2)cc1. The maximum atomic E-state index is 11.5. The van der Waals surface area contributed by atoms with Gasteiger partial charge in [-0.2, -0.15) is 0 Å². The van der Waals surface area contributed by atoms with Gasteiger partial charge in [-0.05, 0) is 49.9 Å². The van der Waals surface area contributed by atoms with Gasteiger partial charge in [-0.3, -0.25) is 0 Å². The zero-order valence-electron chi connectivity index (χ0n) is 14.3. The lowest BCUT2D eigenvalue weighted by atomic mass is 10.1. The van der Waals surface area contributed by atoms with E-state index in [9.17, 15) is 4.79 Å². The van der Waals surface area contributed by atoms with Crippen LogP contribution in [0.15, 0.2) is 40.8 Å². The zero-order valence-corrected chi connectivity index (χ0v) is 14.3. The summed E-state index contributed by atoms with van der Waals surface area (Å²) in [5.74, 6) is 1.53. The highest BCUT2D eigenvalue weighted by Gasteiger charge is 2.16. The molecule has 4 heteroatoms. The smallest absolute Gasteiger partial charge is 0.337 e. The van der Waals surface area contributed by atoms with Crippen molar-refractivity contribution in [2.24, 2.45) is 0 Å². The average Bonchev–Trinajstić information content (AvgIpc) is 2.95. The van der Waals surface area contributed by atoms with E-state index < -0.39 is 0 Å². The van der Waals surface area contributed by atoms with E-state index in [0.29, 0.717) is 5.56 Å². The van der Waals surface area contributed by atoms with Gasteiger partial charge in [-0.1, -0.05) is 25.0 Å². The normalized spacial score (nSPS) is 15.9. The second kappa shape index (κ2) is 8.15. The third-order valence-corrected chi connectivity index (χ3v) is 4.80. The van der Waals surface area contributed by atoms with Gasteiger partial charge in [0.2, 0.25) is 0 Å². The Morgan fingerprint density at radius 3 is 2.46 bits per heavy atom. The van der Waals surface area contributed by atoms with Crippen LogP contribution in [0.3, 0.4) is 0 Å². The van der Waals surface area contributed by atoms with Gasteiger partial charge in [-0.25, -0.2) is 4.79 Å². The first-order valence-corrected chi connectivity index (χ1v) is 8.87. The van der Waals surface area contributed by atoms with Gasteiger partial charge in [0, 0.05) is 5.56 Å². The van der Waals surface area contributed by atoms with Crippen LogP contribution in [0.1, 0.15) is 54.6 Å². The molecule has 4 nitrogen and oxygen atoms in total. The van der Waals surface area contributed by atoms with Crippen molar-refractivity contribution < 1.29 is 19.3 Å². The molecule has 1 aromatic carbocycles. The maximum absolute atomic E-state index is 11.5. The number of hydrogen-bond acceptors (Lipinski definition) is 3. The van der Waals surface area contributed by atoms with Crippen molar-refractivity contribution in [1.82, 2.24) is 0 Å². The molecule has 2 N–H and O–H groups in total. The lowest BCUT2D eigenvalue weighted by Crippen LogP contribution is -2.88. The fourth-order valence-electron chi connectivity index (χ4n) is 3.36. The lowest BCUT2D eigenvalue weighted by molar-refractivity contribution is -0.707. The highest BCUT2D eigenvalue weighted by atomic mass is 16.5. The van der Waals surface area contributed by atoms with Gasteiger partial charge in [0.25, 0.3) is 0 Å². The number of carbonyl (C=O) groups excluding carboxylic acids is 1. The Kier molecular flexibility index (Phi) is 5.70. The molecular weight excluding hydrogens is 302 g/mol. The Hall–Kier alpha value is -2.07. The van der Waals surface area contributed by atoms with E-state index >= 15 is 0 Å². The molecule has 3 rings (SSSR count). The van der Waals surface area contributed by atoms with Crippen molar-refractivity contribution in [3.05, 3.63) is 47.7 Å². The van der Waals surface area contributed by atoms with Gasteiger partial charge in [0.05, 0.1) is 18.7 Å². The van der Waals surface area contributed by atoms with Crippen molar-refractivity contribution in [3.63, 3.8) is 0 Å². The first-order valence-electron chi connectivity index (χ1n) is 8.87. The van der Waals surface area contributed by atoms with Crippen LogP contribution >= 0.6 is 0 Å². The van der Waals surface area contributed by atoms with Crippen LogP contribution in [-0.4, -0.2) is 19.1 Å². The summed E-state index contributed by atoms with van der Waals surface area (Å²) in [5, 5.41) is 2.42. The van der Waals surface area contributed by atoms with Crippen LogP contribution in [0.4, 0.5) is 0 Å². The topological polar surface area (TPSA) is 56.0 Å². The number of quaternary nitrogens is 1. The molecule has 1 aromatic heterocycles. The number of methoxy groups -OCH3 is 1. The van der Waals surface area contributed by atoms with E-state index in [1.54, 1.807) is 12.1 Å². The van der Waals surface area contributed by atoms with Crippen LogP contribution in [0, 0.1) is 0 Å². The summed E-state index contributed by atoms with van der Waals surface area (Å²) >= 11 is 0. The van der Waals surface area contributed by atoms with Crippen molar-refractivity contribution in [1.29, 1.82) is 0 Å². The number of carbonyl (C=O) groups is 1. The standard InChI is InChI=1S/C20H25NO3/c1-23-20(22)16-10-8-15(9-11-16)19-13-12-18(24-19)14-21-17-6-4-2-3-5-7-17/h8-13,17,21H,2-7,14H2,1H3/p+1. The highest BCUT2D eigenvalue weighted by molar-refractivity contribution is 5.89. The molecule has 24 heavy (non-hydrogen) atoms. The molecule has 1 saturated carbocycles. The second-order valence-corrected chi connectivity index (χ2v) is 6.53. The van der Waals surface area contributed by atoms with E-state index in [1.165, 1.54) is 45.6 Å². The van der Waals surface area contributed by atoms with E-state index in [4.69, 9.17) is 9.15 Å². The molecule has 0 unspecified atom stereocenters. The van der Waals surface area contributed by atoms with E-state index in [1.807, 2.05) is 18.2 Å². The van der Waals surface area contributed by atoms with Gasteiger partial charge < -0.3 is 14.5 Å². The summed E-state index contributed by atoms with van der Waals surface area (Å²) in [7, 11) is 1.39. The molecule has 0 atom stereocenters. The molecular formula is C20H26NO3+. The summed E-state index contributed by atoms with van der Waals surface area (Å²) in [6.07, 6.45) is 8.13. The van der Waals surface area contributed by atoms with Crippen molar-refractivity contribution in [2.75, 3.05) is 7.11 Å². The minimum atomic E-state index is -0.320. The molecule has 0 radical (unpaired) electrons. The van der Waals surface area contributed by atoms with Gasteiger partial charge in [-0.15, -0.1) is 0 Å². The van der Waals surface area contributed by atoms with Crippen molar-refractivity contribution in [2.45, 2.75) is 51.1 Å². The number of furan rings is 1. The van der Waals surface area contributed by atoms with Crippen LogP contribution in [0.2, 0.25) is 0 Å². The van der Waals surface area contributed by atoms with Crippen LogP contribution in [-0.2, 0) is 11.3 Å². The predicted molar refractivity (Wildman–Crippen MR) is 92.6 cm³/mol. The summed E-state index contributed by atoms with van der Waals surface area (Å²) in [5.41, 5.74) is 1.53. The molecule has 0 spiro atoms. The Balaban J connectivity index is 1.59. The molecule has 1 aliphatic carbocycles. The Labute approximate surface area is 143 Å². The lowest BCUT2D eigenvalue weighted by Gasteiger charge is -2.11. The predicted octanol–water partition coefficient (Wildman–Crippen LogP) is 3.52. The maximum Gasteiger partial charge on any atom is 0.337 e. The number of benzene rings is 1. The first kappa shape index (κ1) is 16.8. The van der Waals surface area contributed by atoms with E-state index in [0.717, 1.165) is 29.7 Å². The molecule has 0 saturated heterocycles. The van der Waals surface area contributed by atoms with Crippen molar-refractivity contribution >= 4 is 5.97 Å². The Morgan fingerprint density at radius 2 is 1.79 bits per heavy atom. The third kappa shape index (κ3) is 4.26. The Morgan fingerprint density at radius 1 is 1.08 bits per heavy atom. The number of hydrogen-bond donors (Lipinski definition) is 1.